The molecule has 21 heavy (non-hydrogen) atoms. The predicted octanol–water partition coefficient (Wildman–Crippen LogP) is -0.822. The first-order chi connectivity index (χ1) is 10.3. The van der Waals surface area contributed by atoms with Gasteiger partial charge in [0.25, 0.3) is 5.56 Å². The van der Waals surface area contributed by atoms with Crippen LogP contribution in [0.3, 0.4) is 0 Å². The molecular weight excluding hydrogens is 270 g/mol. The molecule has 0 aliphatic carbocycles. The van der Waals surface area contributed by atoms with E-state index in [0.717, 1.165) is 50.8 Å². The van der Waals surface area contributed by atoms with Crippen LogP contribution in [0.5, 0.6) is 0 Å². The van der Waals surface area contributed by atoms with Gasteiger partial charge in [-0.3, -0.25) is 14.6 Å². The minimum Gasteiger partial charge on any atom is -0.383 e. The number of hydrogen-bond donors (Lipinski definition) is 2. The van der Waals surface area contributed by atoms with Crippen LogP contribution in [-0.4, -0.2) is 72.8 Å². The summed E-state index contributed by atoms with van der Waals surface area (Å²) in [6, 6.07) is 1.79. The van der Waals surface area contributed by atoms with Crippen LogP contribution in [0, 0.1) is 0 Å². The lowest BCUT2D eigenvalue weighted by molar-refractivity contribution is 0.00845. The average molecular weight is 293 g/mol. The number of ether oxygens (including phenoxy) is 1. The van der Waals surface area contributed by atoms with Crippen molar-refractivity contribution < 1.29 is 4.74 Å². The van der Waals surface area contributed by atoms with Crippen molar-refractivity contribution in [2.24, 2.45) is 0 Å². The van der Waals surface area contributed by atoms with E-state index in [2.05, 4.69) is 25.1 Å². The Morgan fingerprint density at radius 2 is 2.24 bits per heavy atom. The molecule has 0 amide bonds. The van der Waals surface area contributed by atoms with Gasteiger partial charge in [-0.25, -0.2) is 4.98 Å². The fourth-order valence-electron chi connectivity index (χ4n) is 3.04. The highest BCUT2D eigenvalue weighted by Crippen LogP contribution is 2.25. The molecule has 1 aromatic heterocycles. The second kappa shape index (κ2) is 6.65. The van der Waals surface area contributed by atoms with Crippen LogP contribution in [0.2, 0.25) is 0 Å². The molecular formula is C14H23N5O2. The van der Waals surface area contributed by atoms with Crippen LogP contribution in [0.15, 0.2) is 10.9 Å². The summed E-state index contributed by atoms with van der Waals surface area (Å²) in [6.45, 7) is 7.33. The van der Waals surface area contributed by atoms with Gasteiger partial charge in [0.2, 0.25) is 0 Å². The molecule has 7 heteroatoms. The van der Waals surface area contributed by atoms with Crippen LogP contribution >= 0.6 is 0 Å². The summed E-state index contributed by atoms with van der Waals surface area (Å²) in [5.74, 6) is 0.801. The highest BCUT2D eigenvalue weighted by molar-refractivity contribution is 5.08. The summed E-state index contributed by atoms with van der Waals surface area (Å²) < 4.78 is 4.99. The van der Waals surface area contributed by atoms with Crippen molar-refractivity contribution in [3.63, 3.8) is 0 Å². The predicted molar refractivity (Wildman–Crippen MR) is 79.2 cm³/mol. The van der Waals surface area contributed by atoms with E-state index in [1.54, 1.807) is 13.2 Å². The number of rotatable bonds is 6. The number of nitrogens with zero attached hydrogens (tertiary/aromatic N) is 3. The number of nitrogens with one attached hydrogen (secondary N) is 2. The third-order valence-corrected chi connectivity index (χ3v) is 4.20. The molecule has 3 fully saturated rings. The fraction of sp³-hybridized carbons (Fsp3) is 0.714. The minimum absolute atomic E-state index is 0.0683. The SMILES string of the molecule is COCCNCc1cc(=O)[nH]c(C2CN3CCN2CC3)n1. The number of aromatic amines is 1. The summed E-state index contributed by atoms with van der Waals surface area (Å²) >= 11 is 0. The molecule has 0 saturated carbocycles. The van der Waals surface area contributed by atoms with E-state index in [1.165, 1.54) is 0 Å². The summed E-state index contributed by atoms with van der Waals surface area (Å²) in [4.78, 5) is 24.3. The van der Waals surface area contributed by atoms with Gasteiger partial charge in [0.15, 0.2) is 0 Å². The van der Waals surface area contributed by atoms with E-state index in [4.69, 9.17) is 4.74 Å². The second-order valence-corrected chi connectivity index (χ2v) is 5.64. The topological polar surface area (TPSA) is 73.5 Å². The van der Waals surface area contributed by atoms with Crippen LogP contribution in [-0.2, 0) is 11.3 Å². The summed E-state index contributed by atoms with van der Waals surface area (Å²) in [5, 5.41) is 3.23. The van der Waals surface area contributed by atoms with Crippen LogP contribution in [0.1, 0.15) is 17.6 Å². The number of hydrogen-bond acceptors (Lipinski definition) is 6. The van der Waals surface area contributed by atoms with Gasteiger partial charge in [-0.1, -0.05) is 0 Å². The molecule has 0 radical (unpaired) electrons. The van der Waals surface area contributed by atoms with Gasteiger partial charge in [0.05, 0.1) is 18.3 Å². The number of methoxy groups -OCH3 is 1. The summed E-state index contributed by atoms with van der Waals surface area (Å²) in [5.41, 5.74) is 0.726. The fourth-order valence-corrected chi connectivity index (χ4v) is 3.04. The summed E-state index contributed by atoms with van der Waals surface area (Å²) in [7, 11) is 1.67. The Kier molecular flexibility index (Phi) is 4.64. The lowest BCUT2D eigenvalue weighted by atomic mass is 10.1. The van der Waals surface area contributed by atoms with Gasteiger partial charge < -0.3 is 15.0 Å². The zero-order chi connectivity index (χ0) is 14.7. The Hall–Kier alpha value is -1.28. The molecule has 2 N–H and O–H groups in total. The van der Waals surface area contributed by atoms with E-state index in [9.17, 15) is 4.79 Å². The van der Waals surface area contributed by atoms with Crippen LogP contribution in [0.4, 0.5) is 0 Å². The zero-order valence-corrected chi connectivity index (χ0v) is 12.5. The molecule has 3 aliphatic rings. The van der Waals surface area contributed by atoms with E-state index in [-0.39, 0.29) is 11.6 Å². The van der Waals surface area contributed by atoms with E-state index >= 15 is 0 Å². The minimum atomic E-state index is -0.0683. The highest BCUT2D eigenvalue weighted by atomic mass is 16.5. The third-order valence-electron chi connectivity index (χ3n) is 4.20. The van der Waals surface area contributed by atoms with Gasteiger partial charge in [-0.05, 0) is 0 Å². The van der Waals surface area contributed by atoms with Gasteiger partial charge in [0, 0.05) is 59.0 Å². The Morgan fingerprint density at radius 1 is 1.43 bits per heavy atom. The maximum atomic E-state index is 11.9. The Bertz CT molecular complexity index is 524. The monoisotopic (exact) mass is 293 g/mol. The molecule has 116 valence electrons. The maximum absolute atomic E-state index is 11.9. The first-order valence-corrected chi connectivity index (χ1v) is 7.52. The first-order valence-electron chi connectivity index (χ1n) is 7.52. The molecule has 4 rings (SSSR count). The average Bonchev–Trinajstić information content (AvgIpc) is 2.52. The third kappa shape index (κ3) is 3.49. The van der Waals surface area contributed by atoms with Gasteiger partial charge >= 0.3 is 0 Å². The lowest BCUT2D eigenvalue weighted by Crippen LogP contribution is -2.57. The largest absolute Gasteiger partial charge is 0.383 e. The van der Waals surface area contributed by atoms with Crippen molar-refractivity contribution in [2.75, 3.05) is 53.0 Å². The summed E-state index contributed by atoms with van der Waals surface area (Å²) in [6.07, 6.45) is 0. The first kappa shape index (κ1) is 14.6. The van der Waals surface area contributed by atoms with E-state index in [1.807, 2.05) is 0 Å². The molecule has 3 saturated heterocycles. The molecule has 4 heterocycles. The molecule has 0 spiro atoms. The second-order valence-electron chi connectivity index (χ2n) is 5.64. The van der Waals surface area contributed by atoms with Gasteiger partial charge in [0.1, 0.15) is 5.82 Å². The van der Waals surface area contributed by atoms with Crippen molar-refractivity contribution >= 4 is 0 Å². The van der Waals surface area contributed by atoms with Crippen molar-refractivity contribution in [3.05, 3.63) is 27.9 Å². The molecule has 1 aromatic rings. The normalized spacial score (nSPS) is 28.0. The quantitative estimate of drug-likeness (QED) is 0.668. The van der Waals surface area contributed by atoms with Crippen molar-refractivity contribution in [1.29, 1.82) is 0 Å². The van der Waals surface area contributed by atoms with Crippen molar-refractivity contribution in [3.8, 4) is 0 Å². The Labute approximate surface area is 124 Å². The number of piperazine rings is 3. The molecule has 1 atom stereocenters. The molecule has 7 nitrogen and oxygen atoms in total. The number of H-pyrrole nitrogens is 1. The number of aromatic nitrogens is 2. The molecule has 1 unspecified atom stereocenters. The highest BCUT2D eigenvalue weighted by Gasteiger charge is 2.34. The standard InChI is InChI=1S/C14H23N5O2/c1-21-7-2-15-9-11-8-13(20)17-14(16-11)12-10-18-3-5-19(12)6-4-18/h8,12,15H,2-7,9-10H2,1H3,(H,16,17,20). The molecule has 2 bridgehead atoms. The zero-order valence-electron chi connectivity index (χ0n) is 12.5. The van der Waals surface area contributed by atoms with Crippen molar-refractivity contribution in [1.82, 2.24) is 25.1 Å². The Morgan fingerprint density at radius 3 is 2.90 bits per heavy atom. The molecule has 0 aromatic carbocycles. The van der Waals surface area contributed by atoms with Gasteiger partial charge in [-0.2, -0.15) is 0 Å². The smallest absolute Gasteiger partial charge is 0.251 e. The Balaban J connectivity index is 1.70. The van der Waals surface area contributed by atoms with Crippen molar-refractivity contribution in [2.45, 2.75) is 12.6 Å². The maximum Gasteiger partial charge on any atom is 0.251 e. The van der Waals surface area contributed by atoms with E-state index < -0.39 is 0 Å². The number of fused-ring (bicyclic) bond motifs is 3. The van der Waals surface area contributed by atoms with Crippen LogP contribution < -0.4 is 10.9 Å². The van der Waals surface area contributed by atoms with E-state index in [0.29, 0.717) is 13.2 Å². The van der Waals surface area contributed by atoms with Gasteiger partial charge in [-0.15, -0.1) is 0 Å². The van der Waals surface area contributed by atoms with Crippen LogP contribution in [0.25, 0.3) is 0 Å². The molecule has 3 aliphatic heterocycles. The lowest BCUT2D eigenvalue weighted by Gasteiger charge is -2.46.